The van der Waals surface area contributed by atoms with E-state index in [-0.39, 0.29) is 30.5 Å². The molecule has 0 atom stereocenters. The standard InChI is InChI=1S/C18H21N3O4S/c1-5-25-18(24)14-12(3)15(16(23)19-4)26-17(14)20-13(22)10-21-8-6-11(2)7-9-21/h6-9H,5,10H2,1-4H3,(H-,19,20,22,23,24)/p+1. The second-order valence-corrected chi connectivity index (χ2v) is 6.68. The monoisotopic (exact) mass is 376 g/mol. The van der Waals surface area contributed by atoms with Crippen molar-refractivity contribution >= 4 is 34.1 Å². The first-order valence-electron chi connectivity index (χ1n) is 8.15. The summed E-state index contributed by atoms with van der Waals surface area (Å²) >= 11 is 1.06. The Bertz CT molecular complexity index is 828. The zero-order valence-electron chi connectivity index (χ0n) is 15.2. The summed E-state index contributed by atoms with van der Waals surface area (Å²) in [6, 6.07) is 3.80. The van der Waals surface area contributed by atoms with Crippen LogP contribution < -0.4 is 15.2 Å². The molecular weight excluding hydrogens is 354 g/mol. The zero-order valence-corrected chi connectivity index (χ0v) is 16.0. The third-order valence-corrected chi connectivity index (χ3v) is 4.90. The molecular formula is C18H22N3O4S+. The number of hydrogen-bond acceptors (Lipinski definition) is 5. The highest BCUT2D eigenvalue weighted by Gasteiger charge is 2.26. The fraction of sp³-hybridized carbons (Fsp3) is 0.333. The fourth-order valence-corrected chi connectivity index (χ4v) is 3.51. The van der Waals surface area contributed by atoms with Crippen LogP contribution in [0.1, 0.15) is 38.1 Å². The van der Waals surface area contributed by atoms with Gasteiger partial charge in [0.15, 0.2) is 12.4 Å². The largest absolute Gasteiger partial charge is 0.462 e. The zero-order chi connectivity index (χ0) is 19.3. The second-order valence-electron chi connectivity index (χ2n) is 5.66. The molecule has 0 saturated heterocycles. The Hall–Kier alpha value is -2.74. The highest BCUT2D eigenvalue weighted by Crippen LogP contribution is 2.33. The van der Waals surface area contributed by atoms with E-state index in [0.29, 0.717) is 15.4 Å². The van der Waals surface area contributed by atoms with Crippen molar-refractivity contribution in [3.8, 4) is 0 Å². The molecule has 2 heterocycles. The summed E-state index contributed by atoms with van der Waals surface area (Å²) in [6.07, 6.45) is 3.60. The van der Waals surface area contributed by atoms with Gasteiger partial charge in [-0.2, -0.15) is 4.57 Å². The topological polar surface area (TPSA) is 88.4 Å². The summed E-state index contributed by atoms with van der Waals surface area (Å²) in [5.41, 5.74) is 1.80. The minimum atomic E-state index is -0.560. The van der Waals surface area contributed by atoms with E-state index in [0.717, 1.165) is 16.9 Å². The molecule has 0 saturated carbocycles. The maximum absolute atomic E-state index is 12.4. The third kappa shape index (κ3) is 4.45. The predicted molar refractivity (Wildman–Crippen MR) is 98.4 cm³/mol. The van der Waals surface area contributed by atoms with Gasteiger partial charge >= 0.3 is 5.97 Å². The third-order valence-electron chi connectivity index (χ3n) is 3.70. The highest BCUT2D eigenvalue weighted by atomic mass is 32.1. The van der Waals surface area contributed by atoms with Gasteiger partial charge in [-0.3, -0.25) is 9.59 Å². The lowest BCUT2D eigenvalue weighted by molar-refractivity contribution is -0.684. The number of thiophene rings is 1. The van der Waals surface area contributed by atoms with E-state index in [1.807, 2.05) is 19.1 Å². The normalized spacial score (nSPS) is 10.3. The van der Waals surface area contributed by atoms with Crippen molar-refractivity contribution in [1.29, 1.82) is 0 Å². The molecule has 0 bridgehead atoms. The number of rotatable bonds is 6. The summed E-state index contributed by atoms with van der Waals surface area (Å²) in [7, 11) is 1.51. The Morgan fingerprint density at radius 3 is 2.42 bits per heavy atom. The van der Waals surface area contributed by atoms with Crippen LogP contribution in [0.3, 0.4) is 0 Å². The van der Waals surface area contributed by atoms with Crippen molar-refractivity contribution in [2.75, 3.05) is 19.0 Å². The summed E-state index contributed by atoms with van der Waals surface area (Å²) in [6.45, 7) is 5.62. The van der Waals surface area contributed by atoms with E-state index in [2.05, 4.69) is 10.6 Å². The number of carbonyl (C=O) groups is 3. The molecule has 7 nitrogen and oxygen atoms in total. The van der Waals surface area contributed by atoms with E-state index in [1.54, 1.807) is 30.8 Å². The SMILES string of the molecule is CCOC(=O)c1c(NC(=O)C[n+]2ccc(C)cc2)sc(C(=O)NC)c1C. The molecule has 0 radical (unpaired) electrons. The molecule has 2 aromatic rings. The van der Waals surface area contributed by atoms with Crippen LogP contribution in [0.4, 0.5) is 5.00 Å². The number of anilines is 1. The molecule has 138 valence electrons. The van der Waals surface area contributed by atoms with Crippen LogP contribution in [-0.2, 0) is 16.1 Å². The van der Waals surface area contributed by atoms with Gasteiger partial charge in [0.1, 0.15) is 5.00 Å². The van der Waals surface area contributed by atoms with Crippen molar-refractivity contribution in [3.05, 3.63) is 46.1 Å². The minimum Gasteiger partial charge on any atom is -0.462 e. The molecule has 0 aromatic carbocycles. The minimum absolute atomic E-state index is 0.0921. The molecule has 2 aromatic heterocycles. The molecule has 2 amide bonds. The molecule has 0 fully saturated rings. The van der Waals surface area contributed by atoms with Crippen molar-refractivity contribution in [2.24, 2.45) is 0 Å². The molecule has 0 spiro atoms. The second kappa shape index (κ2) is 8.57. The number of aromatic nitrogens is 1. The molecule has 2 N–H and O–H groups in total. The van der Waals surface area contributed by atoms with Gasteiger partial charge in [-0.05, 0) is 31.9 Å². The van der Waals surface area contributed by atoms with Gasteiger partial charge in [0.25, 0.3) is 11.8 Å². The van der Waals surface area contributed by atoms with Gasteiger partial charge < -0.3 is 15.4 Å². The quantitative estimate of drug-likeness (QED) is 0.595. The summed E-state index contributed by atoms with van der Waals surface area (Å²) < 4.78 is 6.80. The number of nitrogens with one attached hydrogen (secondary N) is 2. The highest BCUT2D eigenvalue weighted by molar-refractivity contribution is 7.18. The number of ether oxygens (including phenoxy) is 1. The maximum Gasteiger partial charge on any atom is 0.341 e. The number of hydrogen-bond donors (Lipinski definition) is 2. The van der Waals surface area contributed by atoms with Gasteiger partial charge in [-0.1, -0.05) is 0 Å². The predicted octanol–water partition coefficient (Wildman–Crippen LogP) is 1.83. The summed E-state index contributed by atoms with van der Waals surface area (Å²) in [5, 5.41) is 5.58. The van der Waals surface area contributed by atoms with E-state index < -0.39 is 5.97 Å². The average Bonchev–Trinajstić information content (AvgIpc) is 2.92. The Balaban J connectivity index is 2.28. The maximum atomic E-state index is 12.4. The molecule has 0 aliphatic heterocycles. The van der Waals surface area contributed by atoms with Gasteiger partial charge in [0.05, 0.1) is 17.0 Å². The van der Waals surface area contributed by atoms with E-state index in [4.69, 9.17) is 4.74 Å². The van der Waals surface area contributed by atoms with Crippen LogP contribution in [0.25, 0.3) is 0 Å². The number of aryl methyl sites for hydroxylation is 1. The van der Waals surface area contributed by atoms with E-state index in [1.165, 1.54) is 7.05 Å². The number of pyridine rings is 1. The smallest absolute Gasteiger partial charge is 0.341 e. The summed E-state index contributed by atoms with van der Waals surface area (Å²) in [4.78, 5) is 37.1. The van der Waals surface area contributed by atoms with Crippen LogP contribution in [0.2, 0.25) is 0 Å². The molecule has 0 aliphatic carbocycles. The van der Waals surface area contributed by atoms with Gasteiger partial charge in [0, 0.05) is 19.2 Å². The van der Waals surface area contributed by atoms with Crippen LogP contribution in [0.15, 0.2) is 24.5 Å². The molecule has 8 heteroatoms. The first-order chi connectivity index (χ1) is 12.4. The lowest BCUT2D eigenvalue weighted by Crippen LogP contribution is -2.39. The first-order valence-corrected chi connectivity index (χ1v) is 8.97. The number of carbonyl (C=O) groups excluding carboxylic acids is 3. The van der Waals surface area contributed by atoms with Crippen LogP contribution in [-0.4, -0.2) is 31.4 Å². The van der Waals surface area contributed by atoms with Crippen molar-refractivity contribution in [1.82, 2.24) is 5.32 Å². The fourth-order valence-electron chi connectivity index (χ4n) is 2.35. The lowest BCUT2D eigenvalue weighted by atomic mass is 10.1. The number of amides is 2. The van der Waals surface area contributed by atoms with Crippen molar-refractivity contribution in [2.45, 2.75) is 27.3 Å². The first kappa shape index (κ1) is 19.6. The van der Waals surface area contributed by atoms with Gasteiger partial charge in [0.2, 0.25) is 6.54 Å². The van der Waals surface area contributed by atoms with Gasteiger partial charge in [-0.15, -0.1) is 11.3 Å². The van der Waals surface area contributed by atoms with Crippen LogP contribution in [0, 0.1) is 13.8 Å². The Labute approximate surface area is 156 Å². The van der Waals surface area contributed by atoms with E-state index >= 15 is 0 Å². The Morgan fingerprint density at radius 2 is 1.85 bits per heavy atom. The number of esters is 1. The lowest BCUT2D eigenvalue weighted by Gasteiger charge is -2.06. The molecule has 0 aliphatic rings. The van der Waals surface area contributed by atoms with Crippen molar-refractivity contribution in [3.63, 3.8) is 0 Å². The molecule has 26 heavy (non-hydrogen) atoms. The number of nitrogens with zero attached hydrogens (tertiary/aromatic N) is 1. The Kier molecular flexibility index (Phi) is 6.46. The average molecular weight is 376 g/mol. The van der Waals surface area contributed by atoms with Gasteiger partial charge in [-0.25, -0.2) is 4.79 Å². The molecule has 2 rings (SSSR count). The Morgan fingerprint density at radius 1 is 1.19 bits per heavy atom. The van der Waals surface area contributed by atoms with Crippen LogP contribution in [0.5, 0.6) is 0 Å². The summed E-state index contributed by atoms with van der Waals surface area (Å²) in [5.74, 6) is -1.17. The van der Waals surface area contributed by atoms with E-state index in [9.17, 15) is 14.4 Å². The van der Waals surface area contributed by atoms with Crippen LogP contribution >= 0.6 is 11.3 Å². The molecule has 0 unspecified atom stereocenters. The van der Waals surface area contributed by atoms with Crippen molar-refractivity contribution < 1.29 is 23.7 Å².